The standard InChI is InChI=1S/C29H18N6O/c36-27-21-15-7-9-17-23(21)34-24-18-10-8-16-22(24)30-29(34)35(27)28-32-25(19-11-3-1-4-12-19)31-26(33-28)20-13-5-2-6-14-20/h1-18H. The van der Waals surface area contributed by atoms with Crippen LogP contribution in [-0.4, -0.2) is 28.9 Å². The Labute approximate surface area is 205 Å². The highest BCUT2D eigenvalue weighted by Gasteiger charge is 2.20. The van der Waals surface area contributed by atoms with Crippen LogP contribution in [0.4, 0.5) is 0 Å². The van der Waals surface area contributed by atoms with Crippen molar-refractivity contribution in [3.63, 3.8) is 0 Å². The zero-order chi connectivity index (χ0) is 24.1. The van der Waals surface area contributed by atoms with Crippen LogP contribution in [0.25, 0.3) is 56.4 Å². The summed E-state index contributed by atoms with van der Waals surface area (Å²) in [6, 6.07) is 34.7. The van der Waals surface area contributed by atoms with Gasteiger partial charge in [0.15, 0.2) is 11.6 Å². The molecular weight excluding hydrogens is 448 g/mol. The van der Waals surface area contributed by atoms with Gasteiger partial charge in [0.1, 0.15) is 0 Å². The van der Waals surface area contributed by atoms with Crippen LogP contribution in [0.2, 0.25) is 0 Å². The van der Waals surface area contributed by atoms with Crippen molar-refractivity contribution in [3.8, 4) is 28.7 Å². The molecule has 0 aliphatic carbocycles. The van der Waals surface area contributed by atoms with E-state index in [2.05, 4.69) is 0 Å². The molecule has 7 heteroatoms. The van der Waals surface area contributed by atoms with E-state index in [1.165, 1.54) is 4.57 Å². The first-order valence-corrected chi connectivity index (χ1v) is 11.6. The lowest BCUT2D eigenvalue weighted by Gasteiger charge is -2.12. The van der Waals surface area contributed by atoms with Gasteiger partial charge in [0.05, 0.1) is 21.9 Å². The van der Waals surface area contributed by atoms with Crippen LogP contribution >= 0.6 is 0 Å². The molecule has 0 N–H and O–H groups in total. The van der Waals surface area contributed by atoms with Gasteiger partial charge in [-0.2, -0.15) is 9.97 Å². The van der Waals surface area contributed by atoms with Crippen LogP contribution in [-0.2, 0) is 0 Å². The van der Waals surface area contributed by atoms with E-state index in [0.717, 1.165) is 27.7 Å². The number of hydrogen-bond donors (Lipinski definition) is 0. The Hall–Kier alpha value is -5.17. The molecule has 0 radical (unpaired) electrons. The van der Waals surface area contributed by atoms with Crippen LogP contribution < -0.4 is 5.56 Å². The molecule has 0 atom stereocenters. The average Bonchev–Trinajstić information content (AvgIpc) is 3.33. The van der Waals surface area contributed by atoms with E-state index in [4.69, 9.17) is 19.9 Å². The van der Waals surface area contributed by atoms with E-state index in [-0.39, 0.29) is 11.5 Å². The normalized spacial score (nSPS) is 11.4. The number of aromatic nitrogens is 6. The Balaban J connectivity index is 1.63. The summed E-state index contributed by atoms with van der Waals surface area (Å²) in [7, 11) is 0. The van der Waals surface area contributed by atoms with E-state index in [0.29, 0.717) is 22.8 Å². The quantitative estimate of drug-likeness (QED) is 0.353. The van der Waals surface area contributed by atoms with Crippen LogP contribution in [0.15, 0.2) is 114 Å². The zero-order valence-electron chi connectivity index (χ0n) is 19.0. The van der Waals surface area contributed by atoms with Gasteiger partial charge in [-0.05, 0) is 24.3 Å². The molecule has 7 nitrogen and oxygen atoms in total. The van der Waals surface area contributed by atoms with Gasteiger partial charge in [0.2, 0.25) is 11.7 Å². The fraction of sp³-hybridized carbons (Fsp3) is 0. The maximum absolute atomic E-state index is 13.9. The molecule has 7 rings (SSSR count). The molecule has 0 spiro atoms. The highest BCUT2D eigenvalue weighted by atomic mass is 16.1. The summed E-state index contributed by atoms with van der Waals surface area (Å²) in [5.74, 6) is 1.63. The van der Waals surface area contributed by atoms with Crippen molar-refractivity contribution in [2.75, 3.05) is 0 Å². The Morgan fingerprint density at radius 2 is 1.08 bits per heavy atom. The van der Waals surface area contributed by atoms with Crippen LogP contribution in [0, 0.1) is 0 Å². The van der Waals surface area contributed by atoms with Crippen molar-refractivity contribution in [2.24, 2.45) is 0 Å². The molecule has 170 valence electrons. The van der Waals surface area contributed by atoms with Crippen LogP contribution in [0.1, 0.15) is 0 Å². The molecule has 0 aliphatic heterocycles. The van der Waals surface area contributed by atoms with Crippen LogP contribution in [0.3, 0.4) is 0 Å². The van der Waals surface area contributed by atoms with Crippen molar-refractivity contribution in [3.05, 3.63) is 120 Å². The molecule has 0 bridgehead atoms. The van der Waals surface area contributed by atoms with Gasteiger partial charge in [-0.25, -0.2) is 14.5 Å². The van der Waals surface area contributed by atoms with Gasteiger partial charge in [-0.1, -0.05) is 84.9 Å². The van der Waals surface area contributed by atoms with Gasteiger partial charge in [0.25, 0.3) is 5.56 Å². The predicted octanol–water partition coefficient (Wildman–Crippen LogP) is 5.31. The van der Waals surface area contributed by atoms with Gasteiger partial charge in [-0.3, -0.25) is 9.20 Å². The lowest BCUT2D eigenvalue weighted by Crippen LogP contribution is -2.24. The molecule has 0 fully saturated rings. The average molecular weight is 467 g/mol. The van der Waals surface area contributed by atoms with Gasteiger partial charge in [-0.15, -0.1) is 0 Å². The number of rotatable bonds is 3. The molecule has 0 aliphatic rings. The van der Waals surface area contributed by atoms with E-state index in [9.17, 15) is 4.79 Å². The number of para-hydroxylation sites is 3. The van der Waals surface area contributed by atoms with Crippen molar-refractivity contribution >= 4 is 27.7 Å². The Kier molecular flexibility index (Phi) is 4.47. The molecule has 0 unspecified atom stereocenters. The minimum atomic E-state index is -0.238. The van der Waals surface area contributed by atoms with E-state index in [1.54, 1.807) is 0 Å². The first-order chi connectivity index (χ1) is 17.8. The minimum absolute atomic E-state index is 0.221. The second-order valence-corrected chi connectivity index (χ2v) is 8.41. The monoisotopic (exact) mass is 466 g/mol. The molecule has 0 saturated carbocycles. The number of hydrogen-bond acceptors (Lipinski definition) is 5. The van der Waals surface area contributed by atoms with Gasteiger partial charge >= 0.3 is 0 Å². The molecule has 36 heavy (non-hydrogen) atoms. The number of fused-ring (bicyclic) bond motifs is 5. The fourth-order valence-corrected chi connectivity index (χ4v) is 4.54. The third-order valence-corrected chi connectivity index (χ3v) is 6.21. The molecule has 7 aromatic rings. The van der Waals surface area contributed by atoms with E-state index >= 15 is 0 Å². The fourth-order valence-electron chi connectivity index (χ4n) is 4.54. The van der Waals surface area contributed by atoms with E-state index < -0.39 is 0 Å². The Morgan fingerprint density at radius 1 is 0.528 bits per heavy atom. The molecular formula is C29H18N6O. The third-order valence-electron chi connectivity index (χ3n) is 6.21. The first kappa shape index (κ1) is 20.2. The van der Waals surface area contributed by atoms with Gasteiger partial charge in [0, 0.05) is 11.1 Å². The largest absolute Gasteiger partial charge is 0.277 e. The summed E-state index contributed by atoms with van der Waals surface area (Å²) in [5, 5.41) is 0.552. The zero-order valence-corrected chi connectivity index (χ0v) is 19.0. The van der Waals surface area contributed by atoms with Crippen molar-refractivity contribution in [1.82, 2.24) is 28.9 Å². The SMILES string of the molecule is O=c1c2ccccc2n2c3ccccc3nc2n1-c1nc(-c2ccccc2)nc(-c2ccccc2)n1. The minimum Gasteiger partial charge on any atom is -0.277 e. The molecule has 3 aromatic heterocycles. The lowest BCUT2D eigenvalue weighted by atomic mass is 10.2. The molecule has 3 heterocycles. The number of imidazole rings is 1. The molecule has 0 saturated heterocycles. The van der Waals surface area contributed by atoms with Crippen molar-refractivity contribution in [1.29, 1.82) is 0 Å². The third kappa shape index (κ3) is 3.10. The van der Waals surface area contributed by atoms with E-state index in [1.807, 2.05) is 114 Å². The maximum atomic E-state index is 13.9. The maximum Gasteiger partial charge on any atom is 0.269 e. The second kappa shape index (κ2) is 7.95. The summed E-state index contributed by atoms with van der Waals surface area (Å²) >= 11 is 0. The topological polar surface area (TPSA) is 78.0 Å². The summed E-state index contributed by atoms with van der Waals surface area (Å²) < 4.78 is 3.48. The smallest absolute Gasteiger partial charge is 0.269 e. The predicted molar refractivity (Wildman–Crippen MR) is 140 cm³/mol. The van der Waals surface area contributed by atoms with Gasteiger partial charge < -0.3 is 0 Å². The van der Waals surface area contributed by atoms with Crippen molar-refractivity contribution < 1.29 is 0 Å². The number of benzene rings is 4. The summed E-state index contributed by atoms with van der Waals surface area (Å²) in [6.07, 6.45) is 0. The number of nitrogens with zero attached hydrogens (tertiary/aromatic N) is 6. The lowest BCUT2D eigenvalue weighted by molar-refractivity contribution is 0.876. The summed E-state index contributed by atoms with van der Waals surface area (Å²) in [4.78, 5) is 33.1. The first-order valence-electron chi connectivity index (χ1n) is 11.6. The summed E-state index contributed by atoms with van der Waals surface area (Å²) in [5.41, 5.74) is 3.88. The van der Waals surface area contributed by atoms with Crippen LogP contribution in [0.5, 0.6) is 0 Å². The highest BCUT2D eigenvalue weighted by Crippen LogP contribution is 2.25. The Bertz CT molecular complexity index is 1900. The Morgan fingerprint density at radius 3 is 1.75 bits per heavy atom. The second-order valence-electron chi connectivity index (χ2n) is 8.41. The molecule has 0 amide bonds. The molecule has 4 aromatic carbocycles. The highest BCUT2D eigenvalue weighted by molar-refractivity contribution is 5.89. The summed E-state index contributed by atoms with van der Waals surface area (Å²) in [6.45, 7) is 0. The van der Waals surface area contributed by atoms with Crippen molar-refractivity contribution in [2.45, 2.75) is 0 Å².